The van der Waals surface area contributed by atoms with Gasteiger partial charge in [-0.2, -0.15) is 0 Å². The molecule has 0 aliphatic carbocycles. The number of carboxylic acid groups (broad SMARTS) is 1. The lowest BCUT2D eigenvalue weighted by Gasteiger charge is -2.09. The van der Waals surface area contributed by atoms with Crippen LogP contribution in [-0.4, -0.2) is 22.1 Å². The number of rotatable bonds is 3. The summed E-state index contributed by atoms with van der Waals surface area (Å²) >= 11 is 0. The first-order chi connectivity index (χ1) is 7.56. The van der Waals surface area contributed by atoms with Gasteiger partial charge in [0.15, 0.2) is 5.58 Å². The number of anilines is 1. The fourth-order valence-corrected chi connectivity index (χ4v) is 1.35. The second-order valence-electron chi connectivity index (χ2n) is 3.43. The van der Waals surface area contributed by atoms with Crippen molar-refractivity contribution in [3.8, 4) is 0 Å². The number of H-pyrrole nitrogens is 1. The minimum atomic E-state index is -0.944. The number of hydrogen-bond acceptors (Lipinski definition) is 4. The van der Waals surface area contributed by atoms with Gasteiger partial charge in [-0.15, -0.1) is 0 Å². The number of carbonyl (C=O) groups is 1. The molecule has 0 saturated heterocycles. The van der Waals surface area contributed by atoms with Gasteiger partial charge in [0.2, 0.25) is 0 Å². The third kappa shape index (κ3) is 1.90. The number of benzene rings is 1. The van der Waals surface area contributed by atoms with E-state index in [9.17, 15) is 9.59 Å². The molecule has 2 rings (SSSR count). The summed E-state index contributed by atoms with van der Waals surface area (Å²) in [6.07, 6.45) is 0. The Balaban J connectivity index is 2.32. The van der Waals surface area contributed by atoms with Crippen LogP contribution in [-0.2, 0) is 4.79 Å². The summed E-state index contributed by atoms with van der Waals surface area (Å²) < 4.78 is 4.82. The first-order valence-corrected chi connectivity index (χ1v) is 4.68. The van der Waals surface area contributed by atoms with Crippen LogP contribution in [0, 0.1) is 0 Å². The van der Waals surface area contributed by atoms with Crippen LogP contribution in [0.1, 0.15) is 6.92 Å². The predicted octanol–water partition coefficient (Wildman–Crippen LogP) is 1.01. The Kier molecular flexibility index (Phi) is 2.40. The van der Waals surface area contributed by atoms with E-state index in [0.717, 1.165) is 0 Å². The summed E-state index contributed by atoms with van der Waals surface area (Å²) in [6, 6.07) is 4.18. The Morgan fingerprint density at radius 2 is 2.31 bits per heavy atom. The highest BCUT2D eigenvalue weighted by atomic mass is 16.4. The average Bonchev–Trinajstić information content (AvgIpc) is 2.57. The van der Waals surface area contributed by atoms with Gasteiger partial charge in [-0.25, -0.2) is 4.79 Å². The Bertz CT molecular complexity index is 584. The van der Waals surface area contributed by atoms with Crippen LogP contribution in [0.3, 0.4) is 0 Å². The maximum Gasteiger partial charge on any atom is 0.417 e. The van der Waals surface area contributed by atoms with Crippen LogP contribution < -0.4 is 11.1 Å². The Morgan fingerprint density at radius 1 is 1.56 bits per heavy atom. The zero-order chi connectivity index (χ0) is 11.7. The molecule has 6 heteroatoms. The van der Waals surface area contributed by atoms with E-state index in [1.165, 1.54) is 6.92 Å². The molecule has 0 amide bonds. The number of aliphatic carboxylic acids is 1. The number of fused-ring (bicyclic) bond motifs is 1. The second-order valence-corrected chi connectivity index (χ2v) is 3.43. The number of hydrogen-bond donors (Lipinski definition) is 3. The smallest absolute Gasteiger partial charge is 0.417 e. The van der Waals surface area contributed by atoms with Gasteiger partial charge in [0.25, 0.3) is 0 Å². The third-order valence-electron chi connectivity index (χ3n) is 2.17. The highest BCUT2D eigenvalue weighted by Crippen LogP contribution is 2.16. The second kappa shape index (κ2) is 3.73. The van der Waals surface area contributed by atoms with E-state index in [-0.39, 0.29) is 0 Å². The Hall–Kier alpha value is -2.24. The lowest BCUT2D eigenvalue weighted by molar-refractivity contribution is -0.137. The van der Waals surface area contributed by atoms with E-state index in [1.807, 2.05) is 0 Å². The van der Waals surface area contributed by atoms with Gasteiger partial charge in [-0.1, -0.05) is 0 Å². The van der Waals surface area contributed by atoms with Crippen LogP contribution >= 0.6 is 0 Å². The van der Waals surface area contributed by atoms with Crippen molar-refractivity contribution in [1.29, 1.82) is 0 Å². The molecule has 2 aromatic rings. The molecular formula is C10H10N2O4. The van der Waals surface area contributed by atoms with E-state index in [0.29, 0.717) is 16.8 Å². The van der Waals surface area contributed by atoms with E-state index in [4.69, 9.17) is 9.52 Å². The van der Waals surface area contributed by atoms with Crippen LogP contribution in [0.25, 0.3) is 11.1 Å². The third-order valence-corrected chi connectivity index (χ3v) is 2.17. The maximum absolute atomic E-state index is 10.9. The van der Waals surface area contributed by atoms with Gasteiger partial charge in [-0.05, 0) is 25.1 Å². The molecule has 0 bridgehead atoms. The van der Waals surface area contributed by atoms with Crippen molar-refractivity contribution >= 4 is 22.8 Å². The molecule has 0 radical (unpaired) electrons. The summed E-state index contributed by atoms with van der Waals surface area (Å²) in [7, 11) is 0. The molecule has 1 atom stereocenters. The molecule has 1 unspecified atom stereocenters. The minimum Gasteiger partial charge on any atom is -0.480 e. The molecule has 6 nitrogen and oxygen atoms in total. The SMILES string of the molecule is CC(Nc1ccc2oc(=O)[nH]c2c1)C(=O)O. The Labute approximate surface area is 89.9 Å². The van der Waals surface area contributed by atoms with Crippen molar-refractivity contribution in [3.63, 3.8) is 0 Å². The summed E-state index contributed by atoms with van der Waals surface area (Å²) in [4.78, 5) is 24.0. The van der Waals surface area contributed by atoms with Gasteiger partial charge in [0.05, 0.1) is 5.52 Å². The lowest BCUT2D eigenvalue weighted by Crippen LogP contribution is -2.25. The molecule has 0 spiro atoms. The fraction of sp³-hybridized carbons (Fsp3) is 0.200. The van der Waals surface area contributed by atoms with Crippen LogP contribution in [0.2, 0.25) is 0 Å². The molecule has 3 N–H and O–H groups in total. The van der Waals surface area contributed by atoms with Crippen molar-refractivity contribution in [2.24, 2.45) is 0 Å². The number of nitrogens with one attached hydrogen (secondary N) is 2. The molecular weight excluding hydrogens is 212 g/mol. The number of aromatic amines is 1. The van der Waals surface area contributed by atoms with Crippen molar-refractivity contribution in [2.45, 2.75) is 13.0 Å². The number of aromatic nitrogens is 1. The van der Waals surface area contributed by atoms with E-state index < -0.39 is 17.8 Å². The summed E-state index contributed by atoms with van der Waals surface area (Å²) in [5.41, 5.74) is 1.59. The highest BCUT2D eigenvalue weighted by Gasteiger charge is 2.10. The van der Waals surface area contributed by atoms with Crippen LogP contribution in [0.4, 0.5) is 5.69 Å². The maximum atomic E-state index is 10.9. The summed E-state index contributed by atoms with van der Waals surface area (Å²) in [5.74, 6) is -1.47. The van der Waals surface area contributed by atoms with Gasteiger partial charge in [0.1, 0.15) is 6.04 Å². The van der Waals surface area contributed by atoms with E-state index >= 15 is 0 Å². The fourth-order valence-electron chi connectivity index (χ4n) is 1.35. The molecule has 0 aliphatic rings. The van der Waals surface area contributed by atoms with Crippen molar-refractivity contribution in [3.05, 3.63) is 28.7 Å². The predicted molar refractivity (Wildman–Crippen MR) is 57.6 cm³/mol. The van der Waals surface area contributed by atoms with Gasteiger partial charge >= 0.3 is 11.7 Å². The molecule has 84 valence electrons. The monoisotopic (exact) mass is 222 g/mol. The molecule has 1 aromatic carbocycles. The van der Waals surface area contributed by atoms with Crippen molar-refractivity contribution in [1.82, 2.24) is 4.98 Å². The van der Waals surface area contributed by atoms with Gasteiger partial charge in [-0.3, -0.25) is 9.78 Å². The number of carboxylic acids is 1. The minimum absolute atomic E-state index is 0.443. The van der Waals surface area contributed by atoms with Gasteiger partial charge in [0, 0.05) is 5.69 Å². The first-order valence-electron chi connectivity index (χ1n) is 4.68. The lowest BCUT2D eigenvalue weighted by atomic mass is 10.2. The molecule has 1 heterocycles. The zero-order valence-corrected chi connectivity index (χ0v) is 8.48. The zero-order valence-electron chi connectivity index (χ0n) is 8.48. The topological polar surface area (TPSA) is 95.3 Å². The van der Waals surface area contributed by atoms with Crippen molar-refractivity contribution in [2.75, 3.05) is 5.32 Å². The van der Waals surface area contributed by atoms with Gasteiger partial charge < -0.3 is 14.8 Å². The standard InChI is InChI=1S/C10H10N2O4/c1-5(9(13)14)11-6-2-3-8-7(4-6)12-10(15)16-8/h2-5,11H,1H3,(H,12,15)(H,13,14). The normalized spacial score (nSPS) is 12.6. The number of oxazole rings is 1. The summed E-state index contributed by atoms with van der Waals surface area (Å²) in [5, 5.41) is 11.5. The first kappa shape index (κ1) is 10.3. The van der Waals surface area contributed by atoms with Crippen molar-refractivity contribution < 1.29 is 14.3 Å². The largest absolute Gasteiger partial charge is 0.480 e. The molecule has 16 heavy (non-hydrogen) atoms. The molecule has 0 fully saturated rings. The summed E-state index contributed by atoms with van der Waals surface area (Å²) in [6.45, 7) is 1.53. The molecule has 0 saturated carbocycles. The Morgan fingerprint density at radius 3 is 3.00 bits per heavy atom. The highest BCUT2D eigenvalue weighted by molar-refractivity contribution is 5.80. The average molecular weight is 222 g/mol. The van der Waals surface area contributed by atoms with E-state index in [2.05, 4.69) is 10.3 Å². The van der Waals surface area contributed by atoms with Crippen LogP contribution in [0.5, 0.6) is 0 Å². The molecule has 1 aromatic heterocycles. The quantitative estimate of drug-likeness (QED) is 0.720. The van der Waals surface area contributed by atoms with Crippen LogP contribution in [0.15, 0.2) is 27.4 Å². The van der Waals surface area contributed by atoms with E-state index in [1.54, 1.807) is 18.2 Å². The molecule has 0 aliphatic heterocycles.